The van der Waals surface area contributed by atoms with Gasteiger partial charge in [0.25, 0.3) is 0 Å². The van der Waals surface area contributed by atoms with Gasteiger partial charge in [-0.25, -0.2) is 4.39 Å². The predicted octanol–water partition coefficient (Wildman–Crippen LogP) is 3.42. The van der Waals surface area contributed by atoms with Gasteiger partial charge in [0.05, 0.1) is 0 Å². The molecule has 0 atom stereocenters. The first-order valence-electron chi connectivity index (χ1n) is 4.85. The number of nitrogens with zero attached hydrogens (tertiary/aromatic N) is 1. The van der Waals surface area contributed by atoms with E-state index in [2.05, 4.69) is 36.8 Å². The molecule has 15 heavy (non-hydrogen) atoms. The van der Waals surface area contributed by atoms with Crippen molar-refractivity contribution in [2.24, 2.45) is 0 Å². The van der Waals surface area contributed by atoms with E-state index in [1.807, 2.05) is 12.1 Å². The zero-order valence-corrected chi connectivity index (χ0v) is 11.6. The van der Waals surface area contributed by atoms with Gasteiger partial charge in [0.15, 0.2) is 0 Å². The van der Waals surface area contributed by atoms with Crippen LogP contribution in [0.2, 0.25) is 0 Å². The Balaban J connectivity index is 2.60. The van der Waals surface area contributed by atoms with Gasteiger partial charge in [0.1, 0.15) is 5.82 Å². The van der Waals surface area contributed by atoms with E-state index in [1.54, 1.807) is 6.07 Å². The first-order chi connectivity index (χ1) is 7.27. The van der Waals surface area contributed by atoms with E-state index in [1.165, 1.54) is 6.07 Å². The van der Waals surface area contributed by atoms with Crippen molar-refractivity contribution in [1.82, 2.24) is 4.90 Å². The summed E-state index contributed by atoms with van der Waals surface area (Å²) in [6.07, 6.45) is 0. The van der Waals surface area contributed by atoms with Gasteiger partial charge in [0.2, 0.25) is 0 Å². The molecule has 1 aromatic carbocycles. The van der Waals surface area contributed by atoms with Crippen molar-refractivity contribution in [2.75, 3.05) is 23.7 Å². The zero-order chi connectivity index (χ0) is 11.1. The summed E-state index contributed by atoms with van der Waals surface area (Å²) in [7, 11) is 0. The highest BCUT2D eigenvalue weighted by Crippen LogP contribution is 2.10. The minimum atomic E-state index is -0.119. The number of benzene rings is 1. The molecule has 0 saturated carbocycles. The number of halogens is 3. The van der Waals surface area contributed by atoms with Crippen molar-refractivity contribution in [1.29, 1.82) is 0 Å². The molecule has 0 spiro atoms. The van der Waals surface area contributed by atoms with Crippen molar-refractivity contribution < 1.29 is 4.39 Å². The Hall–Kier alpha value is 0.0700. The van der Waals surface area contributed by atoms with Gasteiger partial charge < -0.3 is 0 Å². The molecular formula is C11H14Br2FN. The summed E-state index contributed by atoms with van der Waals surface area (Å²) in [4.78, 5) is 2.21. The van der Waals surface area contributed by atoms with Crippen LogP contribution in [0.5, 0.6) is 0 Å². The van der Waals surface area contributed by atoms with Crippen LogP contribution >= 0.6 is 31.9 Å². The van der Waals surface area contributed by atoms with Crippen LogP contribution in [-0.4, -0.2) is 28.6 Å². The summed E-state index contributed by atoms with van der Waals surface area (Å²) in [5, 5.41) is 1.82. The zero-order valence-electron chi connectivity index (χ0n) is 8.43. The van der Waals surface area contributed by atoms with Gasteiger partial charge in [-0.15, -0.1) is 0 Å². The third kappa shape index (κ3) is 4.62. The van der Waals surface area contributed by atoms with Gasteiger partial charge in [-0.05, 0) is 6.07 Å². The molecule has 0 aromatic heterocycles. The Labute approximate surface area is 107 Å². The standard InChI is InChI=1S/C11H14Br2FN/c12-5-7-15(8-6-13)9-10-3-1-2-4-11(10)14/h1-4H,5-9H2. The fraction of sp³-hybridized carbons (Fsp3) is 0.455. The van der Waals surface area contributed by atoms with Crippen LogP contribution in [-0.2, 0) is 6.54 Å². The summed E-state index contributed by atoms with van der Waals surface area (Å²) in [6, 6.07) is 6.94. The van der Waals surface area contributed by atoms with Crippen molar-refractivity contribution in [3.05, 3.63) is 35.6 Å². The lowest BCUT2D eigenvalue weighted by Gasteiger charge is -2.20. The van der Waals surface area contributed by atoms with E-state index in [0.717, 1.165) is 29.3 Å². The summed E-state index contributed by atoms with van der Waals surface area (Å²) >= 11 is 6.80. The Morgan fingerprint density at radius 2 is 1.67 bits per heavy atom. The molecule has 1 aromatic rings. The maximum Gasteiger partial charge on any atom is 0.127 e. The van der Waals surface area contributed by atoms with E-state index in [-0.39, 0.29) is 5.82 Å². The van der Waals surface area contributed by atoms with Crippen molar-refractivity contribution in [2.45, 2.75) is 6.54 Å². The summed E-state index contributed by atoms with van der Waals surface area (Å²) in [5.41, 5.74) is 0.763. The van der Waals surface area contributed by atoms with Crippen LogP contribution < -0.4 is 0 Å². The summed E-state index contributed by atoms with van der Waals surface area (Å²) < 4.78 is 13.4. The molecule has 84 valence electrons. The van der Waals surface area contributed by atoms with E-state index in [9.17, 15) is 4.39 Å². The highest BCUT2D eigenvalue weighted by atomic mass is 79.9. The molecule has 0 saturated heterocycles. The lowest BCUT2D eigenvalue weighted by molar-refractivity contribution is 0.297. The lowest BCUT2D eigenvalue weighted by atomic mass is 10.2. The second-order valence-corrected chi connectivity index (χ2v) is 4.83. The maximum atomic E-state index is 13.4. The van der Waals surface area contributed by atoms with Crippen LogP contribution in [0.4, 0.5) is 4.39 Å². The van der Waals surface area contributed by atoms with Crippen molar-refractivity contribution in [3.8, 4) is 0 Å². The van der Waals surface area contributed by atoms with Crippen molar-refractivity contribution in [3.63, 3.8) is 0 Å². The molecule has 1 rings (SSSR count). The molecule has 0 aliphatic heterocycles. The second-order valence-electron chi connectivity index (χ2n) is 3.25. The minimum absolute atomic E-state index is 0.119. The second kappa shape index (κ2) is 7.36. The molecule has 0 amide bonds. The molecular weight excluding hydrogens is 325 g/mol. The highest BCUT2D eigenvalue weighted by Gasteiger charge is 2.07. The number of alkyl halides is 2. The molecule has 0 bridgehead atoms. The Bertz CT molecular complexity index is 288. The van der Waals surface area contributed by atoms with E-state index >= 15 is 0 Å². The molecule has 0 aliphatic carbocycles. The number of hydrogen-bond donors (Lipinski definition) is 0. The third-order valence-corrected chi connectivity index (χ3v) is 2.86. The van der Waals surface area contributed by atoms with Gasteiger partial charge >= 0.3 is 0 Å². The van der Waals surface area contributed by atoms with Crippen molar-refractivity contribution >= 4 is 31.9 Å². The first kappa shape index (κ1) is 13.1. The quantitative estimate of drug-likeness (QED) is 0.718. The molecule has 0 fully saturated rings. The van der Waals surface area contributed by atoms with Gasteiger partial charge in [-0.3, -0.25) is 4.90 Å². The molecule has 0 N–H and O–H groups in total. The van der Waals surface area contributed by atoms with Gasteiger partial charge in [-0.1, -0.05) is 50.1 Å². The van der Waals surface area contributed by atoms with E-state index < -0.39 is 0 Å². The minimum Gasteiger partial charge on any atom is -0.297 e. The molecule has 0 radical (unpaired) electrons. The van der Waals surface area contributed by atoms with E-state index in [4.69, 9.17) is 0 Å². The maximum absolute atomic E-state index is 13.4. The highest BCUT2D eigenvalue weighted by molar-refractivity contribution is 9.09. The Morgan fingerprint density at radius 1 is 1.07 bits per heavy atom. The normalized spacial score (nSPS) is 10.9. The SMILES string of the molecule is Fc1ccccc1CN(CCBr)CCBr. The Morgan fingerprint density at radius 3 is 2.20 bits per heavy atom. The smallest absolute Gasteiger partial charge is 0.127 e. The van der Waals surface area contributed by atoms with Crippen LogP contribution in [0.25, 0.3) is 0 Å². The third-order valence-electron chi connectivity index (χ3n) is 2.15. The molecule has 0 aliphatic rings. The van der Waals surface area contributed by atoms with Crippen LogP contribution in [0.1, 0.15) is 5.56 Å². The molecule has 0 heterocycles. The van der Waals surface area contributed by atoms with E-state index in [0.29, 0.717) is 6.54 Å². The lowest BCUT2D eigenvalue weighted by Crippen LogP contribution is -2.27. The number of rotatable bonds is 6. The fourth-order valence-electron chi connectivity index (χ4n) is 1.38. The average molecular weight is 339 g/mol. The molecule has 1 nitrogen and oxygen atoms in total. The van der Waals surface area contributed by atoms with Gasteiger partial charge in [0, 0.05) is 35.9 Å². The summed E-state index contributed by atoms with van der Waals surface area (Å²) in [5.74, 6) is -0.119. The van der Waals surface area contributed by atoms with Crippen LogP contribution in [0.3, 0.4) is 0 Å². The molecule has 4 heteroatoms. The van der Waals surface area contributed by atoms with Crippen LogP contribution in [0.15, 0.2) is 24.3 Å². The topological polar surface area (TPSA) is 3.24 Å². The number of hydrogen-bond acceptors (Lipinski definition) is 1. The molecule has 0 unspecified atom stereocenters. The average Bonchev–Trinajstić information content (AvgIpc) is 2.22. The largest absolute Gasteiger partial charge is 0.297 e. The first-order valence-corrected chi connectivity index (χ1v) is 7.10. The van der Waals surface area contributed by atoms with Crippen LogP contribution in [0, 0.1) is 5.82 Å². The fourth-order valence-corrected chi connectivity index (χ4v) is 2.38. The Kier molecular flexibility index (Phi) is 6.45. The summed E-state index contributed by atoms with van der Waals surface area (Å²) in [6.45, 7) is 2.53. The monoisotopic (exact) mass is 337 g/mol. The predicted molar refractivity (Wildman–Crippen MR) is 69.3 cm³/mol. The van der Waals surface area contributed by atoms with Gasteiger partial charge in [-0.2, -0.15) is 0 Å².